The summed E-state index contributed by atoms with van der Waals surface area (Å²) >= 11 is 1.38. The van der Waals surface area contributed by atoms with Gasteiger partial charge in [-0.15, -0.1) is 0 Å². The summed E-state index contributed by atoms with van der Waals surface area (Å²) in [7, 11) is 0. The van der Waals surface area contributed by atoms with Gasteiger partial charge in [-0.3, -0.25) is 4.79 Å². The van der Waals surface area contributed by atoms with Gasteiger partial charge in [0.05, 0.1) is 18.8 Å². The molecule has 0 saturated carbocycles. The van der Waals surface area contributed by atoms with Gasteiger partial charge in [-0.05, 0) is 27.7 Å². The van der Waals surface area contributed by atoms with Crippen LogP contribution in [0.5, 0.6) is 0 Å². The van der Waals surface area contributed by atoms with Crippen molar-refractivity contribution in [2.45, 2.75) is 39.8 Å². The molecule has 0 spiro atoms. The maximum Gasteiger partial charge on any atom is 0.268 e. The van der Waals surface area contributed by atoms with Crippen LogP contribution in [0.4, 0.5) is 10.9 Å². The van der Waals surface area contributed by atoms with Gasteiger partial charge in [0.1, 0.15) is 10.7 Å². The highest BCUT2D eigenvalue weighted by atomic mass is 32.1. The molecule has 1 aromatic heterocycles. The standard InChI is InChI=1S/C14H24N4O2S/c1-5-17(6-2)14-16-12(15)11(21-14)13(19)18-7-10(4)20-8-9(18)3/h9-10H,5-8,15H2,1-4H3. The number of hydrogen-bond acceptors (Lipinski definition) is 6. The molecule has 21 heavy (non-hydrogen) atoms. The number of carbonyl (C=O) groups excluding carboxylic acids is 1. The predicted octanol–water partition coefficient (Wildman–Crippen LogP) is 1.82. The average molecular weight is 312 g/mol. The second-order valence-electron chi connectivity index (χ2n) is 5.33. The molecule has 2 N–H and O–H groups in total. The van der Waals surface area contributed by atoms with Crippen molar-refractivity contribution < 1.29 is 9.53 Å². The van der Waals surface area contributed by atoms with Gasteiger partial charge in [-0.1, -0.05) is 11.3 Å². The molecule has 1 aliphatic heterocycles. The maximum atomic E-state index is 12.7. The van der Waals surface area contributed by atoms with Gasteiger partial charge >= 0.3 is 0 Å². The largest absolute Gasteiger partial charge is 0.382 e. The Morgan fingerprint density at radius 1 is 1.48 bits per heavy atom. The number of aromatic nitrogens is 1. The lowest BCUT2D eigenvalue weighted by Crippen LogP contribution is -2.50. The average Bonchev–Trinajstić information content (AvgIpc) is 2.84. The van der Waals surface area contributed by atoms with E-state index in [2.05, 4.69) is 23.7 Å². The zero-order valence-corrected chi connectivity index (χ0v) is 13.9. The summed E-state index contributed by atoms with van der Waals surface area (Å²) in [5, 5.41) is 0.815. The fraction of sp³-hybridized carbons (Fsp3) is 0.714. The Kier molecular flexibility index (Phi) is 5.05. The van der Waals surface area contributed by atoms with Crippen LogP contribution in [0.2, 0.25) is 0 Å². The Bertz CT molecular complexity index is 501. The third kappa shape index (κ3) is 3.29. The third-order valence-corrected chi connectivity index (χ3v) is 4.86. The third-order valence-electron chi connectivity index (χ3n) is 3.74. The lowest BCUT2D eigenvalue weighted by atomic mass is 10.2. The van der Waals surface area contributed by atoms with Crippen molar-refractivity contribution in [3.63, 3.8) is 0 Å². The number of ether oxygens (including phenoxy) is 1. The molecular formula is C14H24N4O2S. The second-order valence-corrected chi connectivity index (χ2v) is 6.31. The fourth-order valence-corrected chi connectivity index (χ4v) is 3.49. The lowest BCUT2D eigenvalue weighted by molar-refractivity contribution is -0.0385. The van der Waals surface area contributed by atoms with Crippen LogP contribution in [0.15, 0.2) is 0 Å². The summed E-state index contributed by atoms with van der Waals surface area (Å²) in [6.45, 7) is 11.0. The SMILES string of the molecule is CCN(CC)c1nc(N)c(C(=O)N2CC(C)OCC2C)s1. The predicted molar refractivity (Wildman–Crippen MR) is 86.0 cm³/mol. The molecule has 0 radical (unpaired) electrons. The summed E-state index contributed by atoms with van der Waals surface area (Å²) in [5.74, 6) is 0.296. The topological polar surface area (TPSA) is 71.7 Å². The van der Waals surface area contributed by atoms with Crippen LogP contribution in [0.3, 0.4) is 0 Å². The first-order valence-corrected chi connectivity index (χ1v) is 8.23. The molecule has 1 aromatic rings. The van der Waals surface area contributed by atoms with Crippen LogP contribution in [-0.4, -0.2) is 54.2 Å². The van der Waals surface area contributed by atoms with E-state index in [0.29, 0.717) is 23.8 Å². The molecular weight excluding hydrogens is 288 g/mol. The molecule has 2 unspecified atom stereocenters. The minimum atomic E-state index is -0.0361. The first-order valence-electron chi connectivity index (χ1n) is 7.41. The van der Waals surface area contributed by atoms with Gasteiger partial charge in [0.15, 0.2) is 5.13 Å². The van der Waals surface area contributed by atoms with Crippen LogP contribution in [0.25, 0.3) is 0 Å². The first-order chi connectivity index (χ1) is 9.97. The van der Waals surface area contributed by atoms with Gasteiger partial charge in [0.25, 0.3) is 5.91 Å². The van der Waals surface area contributed by atoms with E-state index in [1.807, 2.05) is 18.7 Å². The van der Waals surface area contributed by atoms with Crippen molar-refractivity contribution in [3.8, 4) is 0 Å². The summed E-state index contributed by atoms with van der Waals surface area (Å²) in [4.78, 5) is 21.6. The molecule has 0 aromatic carbocycles. The number of amides is 1. The Labute approximate surface area is 129 Å². The van der Waals surface area contributed by atoms with Gasteiger partial charge in [0, 0.05) is 19.6 Å². The van der Waals surface area contributed by atoms with Crippen molar-refractivity contribution in [1.29, 1.82) is 0 Å². The van der Waals surface area contributed by atoms with Crippen LogP contribution < -0.4 is 10.6 Å². The number of hydrogen-bond donors (Lipinski definition) is 1. The van der Waals surface area contributed by atoms with Gasteiger partial charge in [-0.25, -0.2) is 4.98 Å². The Morgan fingerprint density at radius 2 is 2.14 bits per heavy atom. The maximum absolute atomic E-state index is 12.7. The van der Waals surface area contributed by atoms with E-state index in [9.17, 15) is 4.79 Å². The molecule has 0 bridgehead atoms. The molecule has 2 atom stereocenters. The Hall–Kier alpha value is -1.34. The highest BCUT2D eigenvalue weighted by Crippen LogP contribution is 2.30. The van der Waals surface area contributed by atoms with Crippen molar-refractivity contribution in [1.82, 2.24) is 9.88 Å². The summed E-state index contributed by atoms with van der Waals surface area (Å²) in [5.41, 5.74) is 5.97. The first kappa shape index (κ1) is 16.0. The van der Waals surface area contributed by atoms with E-state index in [1.54, 1.807) is 0 Å². The molecule has 2 rings (SSSR count). The van der Waals surface area contributed by atoms with Gasteiger partial charge in [0.2, 0.25) is 0 Å². The molecule has 2 heterocycles. The Morgan fingerprint density at radius 3 is 2.76 bits per heavy atom. The van der Waals surface area contributed by atoms with Crippen molar-refractivity contribution in [2.75, 3.05) is 36.9 Å². The second kappa shape index (κ2) is 6.62. The fourth-order valence-electron chi connectivity index (χ4n) is 2.42. The van der Waals surface area contributed by atoms with Crippen LogP contribution >= 0.6 is 11.3 Å². The lowest BCUT2D eigenvalue weighted by Gasteiger charge is -2.36. The monoisotopic (exact) mass is 312 g/mol. The minimum absolute atomic E-state index is 0.0361. The molecule has 1 aliphatic rings. The molecule has 1 fully saturated rings. The van der Waals surface area contributed by atoms with E-state index >= 15 is 0 Å². The molecule has 7 heteroatoms. The van der Waals surface area contributed by atoms with E-state index in [4.69, 9.17) is 10.5 Å². The smallest absolute Gasteiger partial charge is 0.268 e. The molecule has 118 valence electrons. The number of nitrogens with two attached hydrogens (primary N) is 1. The van der Waals surface area contributed by atoms with Crippen LogP contribution in [0, 0.1) is 0 Å². The molecule has 0 aliphatic carbocycles. The van der Waals surface area contributed by atoms with E-state index in [0.717, 1.165) is 18.2 Å². The summed E-state index contributed by atoms with van der Waals surface area (Å²) < 4.78 is 5.57. The minimum Gasteiger partial charge on any atom is -0.382 e. The number of nitrogen functional groups attached to an aromatic ring is 1. The van der Waals surface area contributed by atoms with Gasteiger partial charge in [-0.2, -0.15) is 0 Å². The number of rotatable bonds is 4. The summed E-state index contributed by atoms with van der Waals surface area (Å²) in [6, 6.07) is 0.0621. The van der Waals surface area contributed by atoms with E-state index < -0.39 is 0 Å². The zero-order valence-electron chi connectivity index (χ0n) is 13.1. The normalized spacial score (nSPS) is 22.4. The number of anilines is 2. The number of nitrogens with zero attached hydrogens (tertiary/aromatic N) is 3. The van der Waals surface area contributed by atoms with Crippen LogP contribution in [-0.2, 0) is 4.74 Å². The zero-order chi connectivity index (χ0) is 15.6. The Balaban J connectivity index is 2.22. The molecule has 6 nitrogen and oxygen atoms in total. The molecule has 1 amide bonds. The highest BCUT2D eigenvalue weighted by Gasteiger charge is 2.31. The van der Waals surface area contributed by atoms with E-state index in [1.165, 1.54) is 11.3 Å². The van der Waals surface area contributed by atoms with Crippen molar-refractivity contribution in [2.24, 2.45) is 0 Å². The van der Waals surface area contributed by atoms with E-state index in [-0.39, 0.29) is 18.1 Å². The molecule has 1 saturated heterocycles. The summed E-state index contributed by atoms with van der Waals surface area (Å²) in [6.07, 6.45) is 0.0570. The van der Waals surface area contributed by atoms with Crippen LogP contribution in [0.1, 0.15) is 37.4 Å². The number of morpholine rings is 1. The van der Waals surface area contributed by atoms with Crippen molar-refractivity contribution >= 4 is 28.2 Å². The quantitative estimate of drug-likeness (QED) is 0.918. The highest BCUT2D eigenvalue weighted by molar-refractivity contribution is 7.18. The van der Waals surface area contributed by atoms with Crippen molar-refractivity contribution in [3.05, 3.63) is 4.88 Å². The van der Waals surface area contributed by atoms with Gasteiger partial charge < -0.3 is 20.3 Å². The number of carbonyl (C=O) groups is 1. The number of thiazole rings is 1.